The number of hydrogen-bond acceptors (Lipinski definition) is 4. The largest absolute Gasteiger partial charge is 0.444 e. The van der Waals surface area contributed by atoms with Crippen LogP contribution in [0, 0.1) is 0 Å². The molecule has 21 heavy (non-hydrogen) atoms. The zero-order valence-electron chi connectivity index (χ0n) is 13.0. The average molecular weight is 309 g/mol. The van der Waals surface area contributed by atoms with Crippen LogP contribution in [0.3, 0.4) is 0 Å². The van der Waals surface area contributed by atoms with E-state index in [1.54, 1.807) is 20.8 Å². The first-order chi connectivity index (χ1) is 9.81. The number of rotatable bonds is 5. The SMILES string of the molecule is CCSC(=O)C(Cc1ccccc1)NC(=O)OC(C)(C)C. The lowest BCUT2D eigenvalue weighted by Crippen LogP contribution is -2.43. The fourth-order valence-electron chi connectivity index (χ4n) is 1.74. The second-order valence-corrected chi connectivity index (χ2v) is 6.91. The lowest BCUT2D eigenvalue weighted by molar-refractivity contribution is -0.112. The molecule has 0 bridgehead atoms. The van der Waals surface area contributed by atoms with Crippen LogP contribution < -0.4 is 5.32 Å². The molecule has 0 aliphatic rings. The van der Waals surface area contributed by atoms with Gasteiger partial charge in [-0.3, -0.25) is 4.79 Å². The fraction of sp³-hybridized carbons (Fsp3) is 0.500. The molecule has 0 aliphatic heterocycles. The van der Waals surface area contributed by atoms with Crippen LogP contribution in [0.2, 0.25) is 0 Å². The van der Waals surface area contributed by atoms with Crippen LogP contribution in [0.15, 0.2) is 30.3 Å². The highest BCUT2D eigenvalue weighted by Crippen LogP contribution is 2.13. The monoisotopic (exact) mass is 309 g/mol. The van der Waals surface area contributed by atoms with Gasteiger partial charge in [0.25, 0.3) is 0 Å². The summed E-state index contributed by atoms with van der Waals surface area (Å²) in [5, 5.41) is 2.63. The first kappa shape index (κ1) is 17.6. The Morgan fingerprint density at radius 1 is 1.24 bits per heavy atom. The maximum Gasteiger partial charge on any atom is 0.408 e. The number of amides is 1. The first-order valence-corrected chi connectivity index (χ1v) is 8.00. The predicted octanol–water partition coefficient (Wildman–Crippen LogP) is 3.40. The van der Waals surface area contributed by atoms with Gasteiger partial charge in [-0.05, 0) is 32.1 Å². The summed E-state index contributed by atoms with van der Waals surface area (Å²) in [6.07, 6.45) is -0.0974. The van der Waals surface area contributed by atoms with Crippen molar-refractivity contribution in [1.29, 1.82) is 0 Å². The van der Waals surface area contributed by atoms with Crippen molar-refractivity contribution in [3.63, 3.8) is 0 Å². The fourth-order valence-corrected chi connectivity index (χ4v) is 2.36. The number of hydrogen-bond donors (Lipinski definition) is 1. The van der Waals surface area contributed by atoms with Crippen molar-refractivity contribution in [2.45, 2.75) is 45.8 Å². The van der Waals surface area contributed by atoms with Gasteiger partial charge in [-0.2, -0.15) is 0 Å². The van der Waals surface area contributed by atoms with Crippen molar-refractivity contribution in [3.05, 3.63) is 35.9 Å². The summed E-state index contributed by atoms with van der Waals surface area (Å²) < 4.78 is 5.22. The molecule has 0 heterocycles. The molecule has 1 rings (SSSR count). The lowest BCUT2D eigenvalue weighted by atomic mass is 10.1. The van der Waals surface area contributed by atoms with Gasteiger partial charge in [0.15, 0.2) is 0 Å². The third kappa shape index (κ3) is 7.18. The molecule has 0 radical (unpaired) electrons. The normalized spacial score (nSPS) is 12.6. The van der Waals surface area contributed by atoms with Gasteiger partial charge in [0.05, 0.1) is 0 Å². The van der Waals surface area contributed by atoms with Crippen molar-refractivity contribution in [2.24, 2.45) is 0 Å². The van der Waals surface area contributed by atoms with Crippen molar-refractivity contribution in [3.8, 4) is 0 Å². The van der Waals surface area contributed by atoms with E-state index in [4.69, 9.17) is 4.74 Å². The zero-order valence-corrected chi connectivity index (χ0v) is 13.8. The third-order valence-corrected chi connectivity index (χ3v) is 3.40. The van der Waals surface area contributed by atoms with Gasteiger partial charge >= 0.3 is 6.09 Å². The van der Waals surface area contributed by atoms with Crippen LogP contribution in [-0.2, 0) is 16.0 Å². The highest BCUT2D eigenvalue weighted by Gasteiger charge is 2.24. The van der Waals surface area contributed by atoms with E-state index in [-0.39, 0.29) is 5.12 Å². The van der Waals surface area contributed by atoms with E-state index in [9.17, 15) is 9.59 Å². The topological polar surface area (TPSA) is 55.4 Å². The summed E-state index contributed by atoms with van der Waals surface area (Å²) in [5.74, 6) is 0.681. The molecule has 1 amide bonds. The van der Waals surface area contributed by atoms with Crippen LogP contribution in [0.25, 0.3) is 0 Å². The Bertz CT molecular complexity index is 468. The molecular weight excluding hydrogens is 286 g/mol. The molecule has 5 heteroatoms. The maximum absolute atomic E-state index is 12.1. The van der Waals surface area contributed by atoms with E-state index in [1.165, 1.54) is 11.8 Å². The maximum atomic E-state index is 12.1. The molecule has 1 N–H and O–H groups in total. The minimum Gasteiger partial charge on any atom is -0.444 e. The summed E-state index contributed by atoms with van der Waals surface area (Å²) in [7, 11) is 0. The molecule has 1 aromatic rings. The lowest BCUT2D eigenvalue weighted by Gasteiger charge is -2.23. The van der Waals surface area contributed by atoms with Gasteiger partial charge < -0.3 is 10.1 Å². The molecule has 0 aromatic heterocycles. The summed E-state index contributed by atoms with van der Waals surface area (Å²) in [6, 6.07) is 9.05. The van der Waals surface area contributed by atoms with Crippen molar-refractivity contribution >= 4 is 23.0 Å². The predicted molar refractivity (Wildman–Crippen MR) is 86.4 cm³/mol. The molecule has 0 aliphatic carbocycles. The molecule has 1 atom stereocenters. The second-order valence-electron chi connectivity index (χ2n) is 5.64. The molecule has 0 fully saturated rings. The van der Waals surface area contributed by atoms with Crippen molar-refractivity contribution in [1.82, 2.24) is 5.32 Å². The van der Waals surface area contributed by atoms with Gasteiger partial charge in [-0.25, -0.2) is 4.79 Å². The number of alkyl carbamates (subject to hydrolysis) is 1. The number of ether oxygens (including phenoxy) is 1. The Kier molecular flexibility index (Phi) is 6.75. The molecule has 0 saturated carbocycles. The molecule has 116 valence electrons. The number of carbonyl (C=O) groups excluding carboxylic acids is 2. The number of carbonyl (C=O) groups is 2. The Labute approximate surface area is 130 Å². The Morgan fingerprint density at radius 2 is 1.86 bits per heavy atom. The summed E-state index contributed by atoms with van der Waals surface area (Å²) in [6.45, 7) is 7.29. The molecular formula is C16H23NO3S. The van der Waals surface area contributed by atoms with Crippen LogP contribution in [0.1, 0.15) is 33.3 Å². The zero-order chi connectivity index (χ0) is 15.9. The van der Waals surface area contributed by atoms with Crippen LogP contribution in [0.5, 0.6) is 0 Å². The van der Waals surface area contributed by atoms with Gasteiger partial charge in [0.1, 0.15) is 11.6 Å². The highest BCUT2D eigenvalue weighted by molar-refractivity contribution is 8.13. The van der Waals surface area contributed by atoms with Crippen LogP contribution in [-0.4, -0.2) is 28.6 Å². The van der Waals surface area contributed by atoms with Crippen molar-refractivity contribution in [2.75, 3.05) is 5.75 Å². The average Bonchev–Trinajstić information content (AvgIpc) is 2.37. The van der Waals surface area contributed by atoms with Gasteiger partial charge in [0.2, 0.25) is 5.12 Å². The van der Waals surface area contributed by atoms with Gasteiger partial charge in [-0.1, -0.05) is 49.0 Å². The molecule has 1 aromatic carbocycles. The van der Waals surface area contributed by atoms with Crippen molar-refractivity contribution < 1.29 is 14.3 Å². The molecule has 0 saturated heterocycles. The van der Waals surface area contributed by atoms with Crippen LogP contribution in [0.4, 0.5) is 4.79 Å². The van der Waals surface area contributed by atoms with E-state index >= 15 is 0 Å². The minimum atomic E-state index is -0.581. The smallest absolute Gasteiger partial charge is 0.408 e. The Morgan fingerprint density at radius 3 is 2.38 bits per heavy atom. The number of thioether (sulfide) groups is 1. The minimum absolute atomic E-state index is 0.0489. The second kappa shape index (κ2) is 8.08. The van der Waals surface area contributed by atoms with E-state index in [2.05, 4.69) is 5.32 Å². The van der Waals surface area contributed by atoms with E-state index in [0.29, 0.717) is 12.2 Å². The third-order valence-electron chi connectivity index (χ3n) is 2.54. The summed E-state index contributed by atoms with van der Waals surface area (Å²) in [4.78, 5) is 24.0. The Hall–Kier alpha value is -1.49. The number of nitrogens with one attached hydrogen (secondary N) is 1. The van der Waals surface area contributed by atoms with Gasteiger partial charge in [0, 0.05) is 6.42 Å². The molecule has 1 unspecified atom stereocenters. The Balaban J connectivity index is 2.73. The summed E-state index contributed by atoms with van der Waals surface area (Å²) in [5.41, 5.74) is 0.422. The van der Waals surface area contributed by atoms with Gasteiger partial charge in [-0.15, -0.1) is 0 Å². The highest BCUT2D eigenvalue weighted by atomic mass is 32.2. The van der Waals surface area contributed by atoms with Crippen LogP contribution >= 0.6 is 11.8 Å². The number of benzene rings is 1. The summed E-state index contributed by atoms with van der Waals surface area (Å²) >= 11 is 1.21. The molecule has 0 spiro atoms. The van der Waals surface area contributed by atoms with E-state index in [0.717, 1.165) is 5.56 Å². The standard InChI is InChI=1S/C16H23NO3S/c1-5-21-14(18)13(11-12-9-7-6-8-10-12)17-15(19)20-16(2,3)4/h6-10,13H,5,11H2,1-4H3,(H,17,19). The van der Waals surface area contributed by atoms with E-state index < -0.39 is 17.7 Å². The first-order valence-electron chi connectivity index (χ1n) is 7.02. The molecule has 4 nitrogen and oxygen atoms in total. The van der Waals surface area contributed by atoms with E-state index in [1.807, 2.05) is 37.3 Å². The quantitative estimate of drug-likeness (QED) is 0.905.